The second-order valence-electron chi connectivity index (χ2n) is 10.8. The molecule has 1 aromatic carbocycles. The van der Waals surface area contributed by atoms with Gasteiger partial charge in [0.2, 0.25) is 0 Å². The van der Waals surface area contributed by atoms with Gasteiger partial charge in [-0.15, -0.1) is 0 Å². The number of rotatable bonds is 3. The maximum absolute atomic E-state index is 13.6. The topological polar surface area (TPSA) is 97.0 Å². The predicted molar refractivity (Wildman–Crippen MR) is 134 cm³/mol. The number of pyridine rings is 2. The number of carbonyl (C=O) groups is 1. The number of nitrogens with zero attached hydrogens (tertiary/aromatic N) is 4. The van der Waals surface area contributed by atoms with Gasteiger partial charge in [-0.1, -0.05) is 33.8 Å². The maximum atomic E-state index is 13.6. The Balaban J connectivity index is 1.60. The molecule has 5 heterocycles. The largest absolute Gasteiger partial charge is 0.458 e. The molecule has 8 nitrogen and oxygen atoms in total. The number of cyclic esters (lactones) is 1. The van der Waals surface area contributed by atoms with Crippen LogP contribution in [0.2, 0.25) is 0 Å². The minimum Gasteiger partial charge on any atom is -0.458 e. The molecular weight excluding hydrogens is 444 g/mol. The van der Waals surface area contributed by atoms with Gasteiger partial charge in [-0.05, 0) is 36.5 Å². The Kier molecular flexibility index (Phi) is 4.55. The summed E-state index contributed by atoms with van der Waals surface area (Å²) in [5, 5.41) is 12.1. The number of aromatic nitrogens is 2. The Morgan fingerprint density at radius 2 is 2.00 bits per heavy atom. The Labute approximate surface area is 202 Å². The summed E-state index contributed by atoms with van der Waals surface area (Å²) in [4.78, 5) is 37.9. The van der Waals surface area contributed by atoms with Crippen molar-refractivity contribution in [3.05, 3.63) is 51.3 Å². The van der Waals surface area contributed by atoms with E-state index in [2.05, 4.69) is 25.7 Å². The highest BCUT2D eigenvalue weighted by Crippen LogP contribution is 2.46. The number of aliphatic hydroxyl groups is 1. The Morgan fingerprint density at radius 1 is 1.20 bits per heavy atom. The summed E-state index contributed by atoms with van der Waals surface area (Å²) in [5.41, 5.74) is 3.69. The summed E-state index contributed by atoms with van der Waals surface area (Å²) in [6.07, 6.45) is 2.96. The summed E-state index contributed by atoms with van der Waals surface area (Å²) in [5.74, 6) is -0.717. The Bertz CT molecular complexity index is 1510. The van der Waals surface area contributed by atoms with Crippen molar-refractivity contribution in [1.29, 1.82) is 0 Å². The molecule has 8 heteroatoms. The second kappa shape index (κ2) is 7.24. The molecule has 0 fully saturated rings. The molecule has 0 amide bonds. The van der Waals surface area contributed by atoms with Crippen molar-refractivity contribution in [2.75, 3.05) is 11.4 Å². The van der Waals surface area contributed by atoms with Crippen molar-refractivity contribution < 1.29 is 14.6 Å². The molecule has 0 unspecified atom stereocenters. The van der Waals surface area contributed by atoms with Gasteiger partial charge in [0.25, 0.3) is 5.56 Å². The van der Waals surface area contributed by atoms with Crippen molar-refractivity contribution in [3.63, 3.8) is 0 Å². The van der Waals surface area contributed by atoms with Crippen molar-refractivity contribution in [2.24, 2.45) is 10.4 Å². The number of fused-ring (bicyclic) bond motifs is 5. The monoisotopic (exact) mass is 472 g/mol. The van der Waals surface area contributed by atoms with Gasteiger partial charge in [0.15, 0.2) is 5.60 Å². The van der Waals surface area contributed by atoms with Gasteiger partial charge < -0.3 is 19.3 Å². The van der Waals surface area contributed by atoms with E-state index in [-0.39, 0.29) is 24.0 Å². The van der Waals surface area contributed by atoms with Crippen LogP contribution < -0.4 is 10.5 Å². The molecule has 0 aliphatic carbocycles. The summed E-state index contributed by atoms with van der Waals surface area (Å²) < 4.78 is 6.89. The molecule has 0 bridgehead atoms. The van der Waals surface area contributed by atoms with Gasteiger partial charge in [-0.25, -0.2) is 14.8 Å². The highest BCUT2D eigenvalue weighted by atomic mass is 16.6. The van der Waals surface area contributed by atoms with Gasteiger partial charge >= 0.3 is 5.97 Å². The molecule has 180 valence electrons. The molecule has 1 atom stereocenters. The van der Waals surface area contributed by atoms with Gasteiger partial charge in [0, 0.05) is 17.7 Å². The highest BCUT2D eigenvalue weighted by molar-refractivity contribution is 6.11. The first-order chi connectivity index (χ1) is 16.6. The van der Waals surface area contributed by atoms with E-state index in [0.29, 0.717) is 29.1 Å². The van der Waals surface area contributed by atoms with E-state index in [9.17, 15) is 14.7 Å². The zero-order chi connectivity index (χ0) is 24.7. The molecule has 0 spiro atoms. The second-order valence-corrected chi connectivity index (χ2v) is 10.8. The van der Waals surface area contributed by atoms with Crippen LogP contribution in [0, 0.1) is 5.41 Å². The molecule has 0 radical (unpaired) electrons. The first-order valence-corrected chi connectivity index (χ1v) is 12.1. The molecule has 0 saturated heterocycles. The van der Waals surface area contributed by atoms with Gasteiger partial charge in [-0.3, -0.25) is 4.79 Å². The lowest BCUT2D eigenvalue weighted by Gasteiger charge is -2.31. The summed E-state index contributed by atoms with van der Waals surface area (Å²) in [6, 6.07) is 7.64. The maximum Gasteiger partial charge on any atom is 0.343 e. The van der Waals surface area contributed by atoms with E-state index in [0.717, 1.165) is 40.8 Å². The molecule has 35 heavy (non-hydrogen) atoms. The highest BCUT2D eigenvalue weighted by Gasteiger charge is 2.45. The van der Waals surface area contributed by atoms with E-state index in [1.165, 1.54) is 0 Å². The average Bonchev–Trinajstić information content (AvgIpc) is 3.19. The summed E-state index contributed by atoms with van der Waals surface area (Å²) >= 11 is 0. The van der Waals surface area contributed by atoms with Crippen LogP contribution in [-0.2, 0) is 28.3 Å². The number of aliphatic imine (C=N–C) groups is 1. The molecule has 0 saturated carbocycles. The van der Waals surface area contributed by atoms with Crippen molar-refractivity contribution in [1.82, 2.24) is 9.55 Å². The van der Waals surface area contributed by atoms with Crippen molar-refractivity contribution in [2.45, 2.75) is 59.3 Å². The predicted octanol–water partition coefficient (Wildman–Crippen LogP) is 4.00. The minimum atomic E-state index is -1.84. The lowest BCUT2D eigenvalue weighted by molar-refractivity contribution is -0.172. The quantitative estimate of drug-likeness (QED) is 0.453. The Hall–Kier alpha value is -3.52. The van der Waals surface area contributed by atoms with Crippen molar-refractivity contribution in [3.8, 4) is 11.4 Å². The fraction of sp³-hybridized carbons (Fsp3) is 0.407. The molecule has 3 aromatic rings. The number of carbonyl (C=O) groups excluding carboxylic acids is 1. The lowest BCUT2D eigenvalue weighted by atomic mass is 9.86. The van der Waals surface area contributed by atoms with Crippen LogP contribution in [0.5, 0.6) is 0 Å². The van der Waals surface area contributed by atoms with E-state index >= 15 is 0 Å². The third kappa shape index (κ3) is 3.09. The summed E-state index contributed by atoms with van der Waals surface area (Å²) in [6.45, 7) is 9.36. The van der Waals surface area contributed by atoms with Crippen LogP contribution in [0.4, 0.5) is 11.4 Å². The average molecular weight is 473 g/mol. The third-order valence-corrected chi connectivity index (χ3v) is 7.39. The van der Waals surface area contributed by atoms with Gasteiger partial charge in [0.05, 0.1) is 52.1 Å². The SMILES string of the molecule is CC[C@@]1(O)C(=O)OCc2c1cc1n(c2=O)Cc2c-1nc1cccc3c1c2N(CCC(C)(C)C)C=N3. The molecule has 1 N–H and O–H groups in total. The van der Waals surface area contributed by atoms with Crippen LogP contribution in [0.15, 0.2) is 34.1 Å². The number of esters is 1. The first kappa shape index (κ1) is 22.0. The molecule has 3 aliphatic rings. The fourth-order valence-electron chi connectivity index (χ4n) is 5.33. The number of anilines is 1. The van der Waals surface area contributed by atoms with E-state index in [4.69, 9.17) is 14.7 Å². The zero-order valence-corrected chi connectivity index (χ0v) is 20.4. The van der Waals surface area contributed by atoms with Gasteiger partial charge in [-0.2, -0.15) is 0 Å². The van der Waals surface area contributed by atoms with Crippen LogP contribution >= 0.6 is 0 Å². The zero-order valence-electron chi connectivity index (χ0n) is 20.4. The van der Waals surface area contributed by atoms with E-state index in [1.807, 2.05) is 24.5 Å². The van der Waals surface area contributed by atoms with Crippen LogP contribution in [-0.4, -0.2) is 33.5 Å². The third-order valence-electron chi connectivity index (χ3n) is 7.39. The number of ether oxygens (including phenoxy) is 1. The smallest absolute Gasteiger partial charge is 0.343 e. The van der Waals surface area contributed by atoms with Crippen LogP contribution in [0.1, 0.15) is 57.2 Å². The minimum absolute atomic E-state index is 0.116. The number of hydrogen-bond donors (Lipinski definition) is 1. The normalized spacial score (nSPS) is 20.0. The summed E-state index contributed by atoms with van der Waals surface area (Å²) in [7, 11) is 0. The number of benzene rings is 1. The molecule has 2 aromatic heterocycles. The Morgan fingerprint density at radius 3 is 2.74 bits per heavy atom. The van der Waals surface area contributed by atoms with Crippen LogP contribution in [0.3, 0.4) is 0 Å². The van der Waals surface area contributed by atoms with Gasteiger partial charge in [0.1, 0.15) is 6.61 Å². The van der Waals surface area contributed by atoms with E-state index < -0.39 is 11.6 Å². The first-order valence-electron chi connectivity index (χ1n) is 12.1. The van der Waals surface area contributed by atoms with E-state index in [1.54, 1.807) is 17.6 Å². The standard InChI is InChI=1S/C27H28N4O4/c1-5-27(34)17-11-20-22-15(12-31(20)24(32)16(17)13-35-25(27)33)23-21-18(7-6-8-19(21)29-22)28-14-30(23)10-9-26(2,3)4/h6-8,11,14,34H,5,9-10,12-13H2,1-4H3/t27-/m0/s1. The van der Waals surface area contributed by atoms with Crippen molar-refractivity contribution >= 4 is 34.6 Å². The molecule has 6 rings (SSSR count). The fourth-order valence-corrected chi connectivity index (χ4v) is 5.33. The molecular formula is C27H28N4O4. The number of hydrogen-bond acceptors (Lipinski definition) is 7. The molecule has 3 aliphatic heterocycles. The lowest BCUT2D eigenvalue weighted by Crippen LogP contribution is -2.44. The van der Waals surface area contributed by atoms with Crippen LogP contribution in [0.25, 0.3) is 22.3 Å².